The van der Waals surface area contributed by atoms with Gasteiger partial charge in [-0.2, -0.15) is 0 Å². The van der Waals surface area contributed by atoms with E-state index in [1.54, 1.807) is 42.5 Å². The van der Waals surface area contributed by atoms with E-state index in [1.165, 1.54) is 13.2 Å². The van der Waals surface area contributed by atoms with Crippen molar-refractivity contribution in [2.24, 2.45) is 0 Å². The quantitative estimate of drug-likeness (QED) is 0.563. The maximum atomic E-state index is 12.0. The Bertz CT molecular complexity index is 775. The van der Waals surface area contributed by atoms with Gasteiger partial charge in [0.05, 0.1) is 6.61 Å². The second-order valence-corrected chi connectivity index (χ2v) is 5.65. The van der Waals surface area contributed by atoms with Crippen LogP contribution in [0.15, 0.2) is 54.6 Å². The molecule has 0 heterocycles. The van der Waals surface area contributed by atoms with Crippen LogP contribution in [0.25, 0.3) is 6.08 Å². The molecule has 0 aromatic heterocycles. The Hall–Kier alpha value is -2.83. The highest BCUT2D eigenvalue weighted by atomic mass is 35.5. The van der Waals surface area contributed by atoms with Gasteiger partial charge in [-0.25, -0.2) is 4.79 Å². The van der Waals surface area contributed by atoms with Gasteiger partial charge < -0.3 is 14.8 Å². The van der Waals surface area contributed by atoms with Crippen LogP contribution < -0.4 is 10.6 Å². The minimum atomic E-state index is -0.590. The van der Waals surface area contributed by atoms with Gasteiger partial charge in [-0.1, -0.05) is 29.8 Å². The van der Waals surface area contributed by atoms with E-state index in [4.69, 9.17) is 21.1 Å². The summed E-state index contributed by atoms with van der Waals surface area (Å²) < 4.78 is 9.72. The van der Waals surface area contributed by atoms with Crippen LogP contribution in [0.3, 0.4) is 0 Å². The molecule has 0 fully saturated rings. The van der Waals surface area contributed by atoms with E-state index in [0.717, 1.165) is 5.56 Å². The van der Waals surface area contributed by atoms with Crippen molar-refractivity contribution in [2.45, 2.75) is 0 Å². The van der Waals surface area contributed by atoms with E-state index in [0.29, 0.717) is 23.0 Å². The molecule has 136 valence electrons. The summed E-state index contributed by atoms with van der Waals surface area (Å²) in [6, 6.07) is 13.9. The normalized spacial score (nSPS) is 10.5. The SMILES string of the molecule is COCCOC(=O)Nc1cccc(NC(=O)C=Cc2ccc(Cl)cc2)c1. The molecule has 2 N–H and O–H groups in total. The van der Waals surface area contributed by atoms with E-state index in [1.807, 2.05) is 12.1 Å². The average Bonchev–Trinajstić information content (AvgIpc) is 2.62. The van der Waals surface area contributed by atoms with Crippen molar-refractivity contribution >= 4 is 41.1 Å². The third kappa shape index (κ3) is 6.96. The lowest BCUT2D eigenvalue weighted by molar-refractivity contribution is -0.111. The number of benzene rings is 2. The molecule has 0 aliphatic carbocycles. The summed E-state index contributed by atoms with van der Waals surface area (Å²) in [5.74, 6) is -0.292. The van der Waals surface area contributed by atoms with Gasteiger partial charge >= 0.3 is 6.09 Å². The summed E-state index contributed by atoms with van der Waals surface area (Å²) in [5, 5.41) is 5.94. The van der Waals surface area contributed by atoms with Gasteiger partial charge in [-0.15, -0.1) is 0 Å². The molecule has 0 spiro atoms. The van der Waals surface area contributed by atoms with Crippen molar-refractivity contribution in [2.75, 3.05) is 31.0 Å². The first-order chi connectivity index (χ1) is 12.6. The zero-order valence-corrected chi connectivity index (χ0v) is 15.0. The summed E-state index contributed by atoms with van der Waals surface area (Å²) in [4.78, 5) is 23.6. The van der Waals surface area contributed by atoms with Crippen LogP contribution in [-0.4, -0.2) is 32.3 Å². The van der Waals surface area contributed by atoms with Crippen LogP contribution in [0, 0.1) is 0 Å². The predicted molar refractivity (Wildman–Crippen MR) is 102 cm³/mol. The lowest BCUT2D eigenvalue weighted by Gasteiger charge is -2.08. The molecular formula is C19H19ClN2O4. The fourth-order valence-electron chi connectivity index (χ4n) is 1.98. The van der Waals surface area contributed by atoms with Crippen LogP contribution in [0.1, 0.15) is 5.56 Å². The number of methoxy groups -OCH3 is 1. The number of anilines is 2. The van der Waals surface area contributed by atoms with Crippen LogP contribution in [0.4, 0.5) is 16.2 Å². The molecule has 2 amide bonds. The minimum Gasteiger partial charge on any atom is -0.447 e. The Balaban J connectivity index is 1.89. The highest BCUT2D eigenvalue weighted by molar-refractivity contribution is 6.30. The van der Waals surface area contributed by atoms with Gasteiger partial charge in [0.1, 0.15) is 6.61 Å². The van der Waals surface area contributed by atoms with Gasteiger partial charge in [-0.05, 0) is 42.0 Å². The molecule has 0 atom stereocenters. The zero-order chi connectivity index (χ0) is 18.8. The molecule has 0 radical (unpaired) electrons. The highest BCUT2D eigenvalue weighted by Crippen LogP contribution is 2.16. The smallest absolute Gasteiger partial charge is 0.411 e. The van der Waals surface area contributed by atoms with Crippen molar-refractivity contribution in [3.63, 3.8) is 0 Å². The zero-order valence-electron chi connectivity index (χ0n) is 14.2. The number of amides is 2. The van der Waals surface area contributed by atoms with Crippen LogP contribution >= 0.6 is 11.6 Å². The number of rotatable bonds is 7. The molecule has 7 heteroatoms. The largest absolute Gasteiger partial charge is 0.447 e. The molecule has 0 aliphatic heterocycles. The molecule has 0 saturated carbocycles. The molecular weight excluding hydrogens is 356 g/mol. The van der Waals surface area contributed by atoms with Gasteiger partial charge in [0.2, 0.25) is 5.91 Å². The van der Waals surface area contributed by atoms with Crippen molar-refractivity contribution < 1.29 is 19.1 Å². The Labute approximate surface area is 156 Å². The number of hydrogen-bond acceptors (Lipinski definition) is 4. The number of nitrogens with one attached hydrogen (secondary N) is 2. The van der Waals surface area contributed by atoms with Crippen LogP contribution in [0.5, 0.6) is 0 Å². The third-order valence-electron chi connectivity index (χ3n) is 3.19. The van der Waals surface area contributed by atoms with E-state index >= 15 is 0 Å². The molecule has 6 nitrogen and oxygen atoms in total. The number of carbonyl (C=O) groups is 2. The Morgan fingerprint density at radius 2 is 1.73 bits per heavy atom. The molecule has 0 saturated heterocycles. The summed E-state index contributed by atoms with van der Waals surface area (Å²) >= 11 is 5.82. The first kappa shape index (κ1) is 19.5. The fraction of sp³-hybridized carbons (Fsp3) is 0.158. The molecule has 26 heavy (non-hydrogen) atoms. The predicted octanol–water partition coefficient (Wildman–Crippen LogP) is 4.19. The highest BCUT2D eigenvalue weighted by Gasteiger charge is 2.04. The fourth-order valence-corrected chi connectivity index (χ4v) is 2.10. The topological polar surface area (TPSA) is 76.7 Å². The molecule has 0 aliphatic rings. The van der Waals surface area contributed by atoms with Gasteiger partial charge in [0.15, 0.2) is 0 Å². The first-order valence-electron chi connectivity index (χ1n) is 7.84. The van der Waals surface area contributed by atoms with Crippen molar-refractivity contribution in [1.82, 2.24) is 0 Å². The van der Waals surface area contributed by atoms with Crippen molar-refractivity contribution in [3.8, 4) is 0 Å². The average molecular weight is 375 g/mol. The van der Waals surface area contributed by atoms with Crippen molar-refractivity contribution in [3.05, 3.63) is 65.2 Å². The Morgan fingerprint density at radius 3 is 2.42 bits per heavy atom. The number of halogens is 1. The van der Waals surface area contributed by atoms with Crippen LogP contribution in [-0.2, 0) is 14.3 Å². The standard InChI is InChI=1S/C19H19ClN2O4/c1-25-11-12-26-19(24)22-17-4-2-3-16(13-17)21-18(23)10-7-14-5-8-15(20)9-6-14/h2-10,13H,11-12H2,1H3,(H,21,23)(H,22,24). The number of carbonyl (C=O) groups excluding carboxylic acids is 2. The monoisotopic (exact) mass is 374 g/mol. The number of ether oxygens (including phenoxy) is 2. The maximum absolute atomic E-state index is 12.0. The number of hydrogen-bond donors (Lipinski definition) is 2. The summed E-state index contributed by atoms with van der Waals surface area (Å²) in [7, 11) is 1.52. The van der Waals surface area contributed by atoms with E-state index < -0.39 is 6.09 Å². The van der Waals surface area contributed by atoms with Crippen LogP contribution in [0.2, 0.25) is 5.02 Å². The second kappa shape index (κ2) is 10.2. The van der Waals surface area contributed by atoms with E-state index in [2.05, 4.69) is 10.6 Å². The summed E-state index contributed by atoms with van der Waals surface area (Å²) in [6.07, 6.45) is 2.51. The summed E-state index contributed by atoms with van der Waals surface area (Å²) in [6.45, 7) is 0.484. The lowest BCUT2D eigenvalue weighted by atomic mass is 10.2. The second-order valence-electron chi connectivity index (χ2n) is 5.21. The van der Waals surface area contributed by atoms with Crippen molar-refractivity contribution in [1.29, 1.82) is 0 Å². The van der Waals surface area contributed by atoms with Gasteiger partial charge in [0, 0.05) is 29.6 Å². The molecule has 2 rings (SSSR count). The lowest BCUT2D eigenvalue weighted by Crippen LogP contribution is -2.16. The maximum Gasteiger partial charge on any atom is 0.411 e. The molecule has 0 bridgehead atoms. The van der Waals surface area contributed by atoms with Gasteiger partial charge in [-0.3, -0.25) is 10.1 Å². The first-order valence-corrected chi connectivity index (χ1v) is 8.22. The Kier molecular flexibility index (Phi) is 7.67. The van der Waals surface area contributed by atoms with E-state index in [-0.39, 0.29) is 12.5 Å². The molecule has 2 aromatic carbocycles. The molecule has 0 unspecified atom stereocenters. The third-order valence-corrected chi connectivity index (χ3v) is 3.45. The molecule has 2 aromatic rings. The van der Waals surface area contributed by atoms with E-state index in [9.17, 15) is 9.59 Å². The minimum absolute atomic E-state index is 0.161. The Morgan fingerprint density at radius 1 is 1.04 bits per heavy atom. The summed E-state index contributed by atoms with van der Waals surface area (Å²) in [5.41, 5.74) is 1.91. The van der Waals surface area contributed by atoms with Gasteiger partial charge in [0.25, 0.3) is 0 Å².